The van der Waals surface area contributed by atoms with Crippen molar-refractivity contribution >= 4 is 17.7 Å². The van der Waals surface area contributed by atoms with Gasteiger partial charge in [-0.25, -0.2) is 9.59 Å². The van der Waals surface area contributed by atoms with E-state index in [-0.39, 0.29) is 11.5 Å². The summed E-state index contributed by atoms with van der Waals surface area (Å²) < 4.78 is 9.43. The van der Waals surface area contributed by atoms with Crippen molar-refractivity contribution in [2.24, 2.45) is 0 Å². The van der Waals surface area contributed by atoms with Gasteiger partial charge in [-0.15, -0.1) is 0 Å². The predicted octanol–water partition coefficient (Wildman–Crippen LogP) is 1.55. The Bertz CT molecular complexity index is 529. The van der Waals surface area contributed by atoms with Crippen LogP contribution >= 0.6 is 0 Å². The average Bonchev–Trinajstić information content (AvgIpc) is 2.63. The lowest BCUT2D eigenvalue weighted by Gasteiger charge is -2.10. The lowest BCUT2D eigenvalue weighted by Crippen LogP contribution is -2.25. The van der Waals surface area contributed by atoms with E-state index in [2.05, 4.69) is 9.72 Å². The number of methoxy groups -OCH3 is 1. The van der Waals surface area contributed by atoms with E-state index in [0.29, 0.717) is 16.8 Å². The SMILES string of the molecule is COC(=O)[C@@H](C)OC(=O)c1[nH]c(C)c(C(C)=O)c1C. The van der Waals surface area contributed by atoms with Gasteiger partial charge in [-0.1, -0.05) is 0 Å². The van der Waals surface area contributed by atoms with Crippen LogP contribution in [0.1, 0.15) is 46.0 Å². The monoisotopic (exact) mass is 267 g/mol. The first-order valence-corrected chi connectivity index (χ1v) is 5.78. The molecule has 0 unspecified atom stereocenters. The Morgan fingerprint density at radius 1 is 1.21 bits per heavy atom. The number of rotatable bonds is 4. The molecule has 104 valence electrons. The van der Waals surface area contributed by atoms with E-state index in [0.717, 1.165) is 0 Å². The molecule has 1 atom stereocenters. The lowest BCUT2D eigenvalue weighted by atomic mass is 10.1. The van der Waals surface area contributed by atoms with E-state index in [1.807, 2.05) is 0 Å². The zero-order chi connectivity index (χ0) is 14.7. The molecule has 0 aromatic carbocycles. The van der Waals surface area contributed by atoms with E-state index >= 15 is 0 Å². The number of esters is 2. The molecule has 0 fully saturated rings. The van der Waals surface area contributed by atoms with Gasteiger partial charge in [-0.05, 0) is 33.3 Å². The van der Waals surface area contributed by atoms with Gasteiger partial charge in [-0.3, -0.25) is 4.79 Å². The lowest BCUT2D eigenvalue weighted by molar-refractivity contribution is -0.149. The summed E-state index contributed by atoms with van der Waals surface area (Å²) in [6.45, 7) is 6.19. The molecule has 1 N–H and O–H groups in total. The molecule has 0 aliphatic rings. The van der Waals surface area contributed by atoms with Gasteiger partial charge in [0.05, 0.1) is 7.11 Å². The smallest absolute Gasteiger partial charge is 0.355 e. The summed E-state index contributed by atoms with van der Waals surface area (Å²) >= 11 is 0. The fourth-order valence-corrected chi connectivity index (χ4v) is 1.92. The van der Waals surface area contributed by atoms with Gasteiger partial charge in [0.1, 0.15) is 5.69 Å². The zero-order valence-corrected chi connectivity index (χ0v) is 11.6. The predicted molar refractivity (Wildman–Crippen MR) is 67.2 cm³/mol. The molecule has 0 bridgehead atoms. The maximum absolute atomic E-state index is 11.9. The number of ether oxygens (including phenoxy) is 2. The van der Waals surface area contributed by atoms with Gasteiger partial charge < -0.3 is 14.5 Å². The molecule has 0 radical (unpaired) electrons. The summed E-state index contributed by atoms with van der Waals surface area (Å²) in [5.41, 5.74) is 1.77. The second-order valence-corrected chi connectivity index (χ2v) is 4.25. The van der Waals surface area contributed by atoms with Crippen molar-refractivity contribution in [1.82, 2.24) is 4.98 Å². The summed E-state index contributed by atoms with van der Waals surface area (Å²) in [5.74, 6) is -1.46. The molecule has 0 amide bonds. The van der Waals surface area contributed by atoms with Gasteiger partial charge in [0, 0.05) is 11.3 Å². The Labute approximate surface area is 111 Å². The first-order chi connectivity index (χ1) is 8.79. The number of aryl methyl sites for hydroxylation is 1. The highest BCUT2D eigenvalue weighted by molar-refractivity contribution is 6.01. The summed E-state index contributed by atoms with van der Waals surface area (Å²) in [7, 11) is 1.21. The standard InChI is InChI=1S/C13H17NO5/c1-6-10(8(3)15)7(2)14-11(6)13(17)19-9(4)12(16)18-5/h9,14H,1-5H3/t9-/m1/s1. The zero-order valence-electron chi connectivity index (χ0n) is 11.6. The second kappa shape index (κ2) is 5.69. The average molecular weight is 267 g/mol. The van der Waals surface area contributed by atoms with Crippen LogP contribution in [-0.4, -0.2) is 35.9 Å². The molecule has 1 heterocycles. The summed E-state index contributed by atoms with van der Waals surface area (Å²) in [6.07, 6.45) is -0.999. The van der Waals surface area contributed by atoms with E-state index in [1.54, 1.807) is 13.8 Å². The van der Waals surface area contributed by atoms with Gasteiger partial charge >= 0.3 is 11.9 Å². The van der Waals surface area contributed by atoms with Crippen molar-refractivity contribution in [2.45, 2.75) is 33.8 Å². The minimum atomic E-state index is -0.999. The molecule has 0 saturated heterocycles. The summed E-state index contributed by atoms with van der Waals surface area (Å²) in [6, 6.07) is 0. The van der Waals surface area contributed by atoms with Crippen LogP contribution in [0.2, 0.25) is 0 Å². The largest absolute Gasteiger partial charge is 0.466 e. The summed E-state index contributed by atoms with van der Waals surface area (Å²) in [5, 5.41) is 0. The van der Waals surface area contributed by atoms with Crippen LogP contribution in [0.15, 0.2) is 0 Å². The number of H-pyrrole nitrogens is 1. The fraction of sp³-hybridized carbons (Fsp3) is 0.462. The first kappa shape index (κ1) is 14.9. The van der Waals surface area contributed by atoms with Gasteiger partial charge in [-0.2, -0.15) is 0 Å². The first-order valence-electron chi connectivity index (χ1n) is 5.78. The third-order valence-electron chi connectivity index (χ3n) is 2.81. The van der Waals surface area contributed by atoms with Crippen LogP contribution in [-0.2, 0) is 14.3 Å². The molecule has 0 spiro atoms. The van der Waals surface area contributed by atoms with E-state index < -0.39 is 18.0 Å². The molecular weight excluding hydrogens is 250 g/mol. The minimum Gasteiger partial charge on any atom is -0.466 e. The number of ketones is 1. The van der Waals surface area contributed by atoms with Gasteiger partial charge in [0.15, 0.2) is 11.9 Å². The quantitative estimate of drug-likeness (QED) is 0.660. The normalized spacial score (nSPS) is 11.8. The topological polar surface area (TPSA) is 85.5 Å². The van der Waals surface area contributed by atoms with Crippen molar-refractivity contribution < 1.29 is 23.9 Å². The Morgan fingerprint density at radius 2 is 1.79 bits per heavy atom. The third kappa shape index (κ3) is 3.01. The van der Waals surface area contributed by atoms with Crippen molar-refractivity contribution in [3.05, 3.63) is 22.5 Å². The third-order valence-corrected chi connectivity index (χ3v) is 2.81. The number of nitrogens with one attached hydrogen (secondary N) is 1. The van der Waals surface area contributed by atoms with Crippen molar-refractivity contribution in [3.8, 4) is 0 Å². The molecule has 0 saturated carbocycles. The second-order valence-electron chi connectivity index (χ2n) is 4.25. The molecular formula is C13H17NO5. The van der Waals surface area contributed by atoms with E-state index in [9.17, 15) is 14.4 Å². The number of aromatic nitrogens is 1. The maximum Gasteiger partial charge on any atom is 0.355 e. The maximum atomic E-state index is 11.9. The van der Waals surface area contributed by atoms with Crippen LogP contribution in [0.25, 0.3) is 0 Å². The molecule has 1 rings (SSSR count). The minimum absolute atomic E-state index is 0.133. The van der Waals surface area contributed by atoms with Crippen LogP contribution in [0.4, 0.5) is 0 Å². The molecule has 6 heteroatoms. The Morgan fingerprint density at radius 3 is 2.21 bits per heavy atom. The molecule has 0 aliphatic heterocycles. The van der Waals surface area contributed by atoms with Crippen molar-refractivity contribution in [2.75, 3.05) is 7.11 Å². The van der Waals surface area contributed by atoms with Gasteiger partial charge in [0.2, 0.25) is 0 Å². The van der Waals surface area contributed by atoms with Crippen LogP contribution in [0, 0.1) is 13.8 Å². The van der Waals surface area contributed by atoms with Crippen LogP contribution < -0.4 is 0 Å². The number of hydrogen-bond acceptors (Lipinski definition) is 5. The number of aromatic amines is 1. The van der Waals surface area contributed by atoms with E-state index in [1.165, 1.54) is 21.0 Å². The summed E-state index contributed by atoms with van der Waals surface area (Å²) in [4.78, 5) is 37.4. The number of Topliss-reactive ketones (excluding diaryl/α,β-unsaturated/α-hetero) is 1. The van der Waals surface area contributed by atoms with E-state index in [4.69, 9.17) is 4.74 Å². The molecule has 6 nitrogen and oxygen atoms in total. The molecule has 1 aromatic rings. The number of carbonyl (C=O) groups excluding carboxylic acids is 3. The number of hydrogen-bond donors (Lipinski definition) is 1. The highest BCUT2D eigenvalue weighted by Crippen LogP contribution is 2.19. The highest BCUT2D eigenvalue weighted by atomic mass is 16.6. The Kier molecular flexibility index (Phi) is 4.47. The van der Waals surface area contributed by atoms with Crippen molar-refractivity contribution in [1.29, 1.82) is 0 Å². The van der Waals surface area contributed by atoms with Crippen LogP contribution in [0.3, 0.4) is 0 Å². The van der Waals surface area contributed by atoms with Crippen LogP contribution in [0.5, 0.6) is 0 Å². The molecule has 19 heavy (non-hydrogen) atoms. The molecule has 1 aromatic heterocycles. The highest BCUT2D eigenvalue weighted by Gasteiger charge is 2.24. The fourth-order valence-electron chi connectivity index (χ4n) is 1.92. The number of carbonyl (C=O) groups is 3. The van der Waals surface area contributed by atoms with Crippen molar-refractivity contribution in [3.63, 3.8) is 0 Å². The molecule has 0 aliphatic carbocycles. The Hall–Kier alpha value is -2.11. The van der Waals surface area contributed by atoms with Gasteiger partial charge in [0.25, 0.3) is 0 Å². The Balaban J connectivity index is 2.99.